The minimum atomic E-state index is 0.221. The molecule has 1 aromatic heterocycles. The highest BCUT2D eigenvalue weighted by Crippen LogP contribution is 2.23. The Kier molecular flexibility index (Phi) is 5.02. The molecule has 1 aliphatic heterocycles. The zero-order chi connectivity index (χ0) is 16.9. The number of ether oxygens (including phenoxy) is 1. The number of quaternary nitrogens is 1. The van der Waals surface area contributed by atoms with Crippen LogP contribution in [0, 0.1) is 18.3 Å². The Morgan fingerprint density at radius 3 is 2.83 bits per heavy atom. The van der Waals surface area contributed by atoms with E-state index in [2.05, 4.69) is 22.9 Å². The number of nitriles is 1. The maximum atomic E-state index is 9.34. The van der Waals surface area contributed by atoms with E-state index in [-0.39, 0.29) is 6.61 Å². The van der Waals surface area contributed by atoms with Crippen molar-refractivity contribution in [1.29, 1.82) is 5.26 Å². The van der Waals surface area contributed by atoms with E-state index >= 15 is 0 Å². The second-order valence-electron chi connectivity index (χ2n) is 6.07. The van der Waals surface area contributed by atoms with E-state index in [9.17, 15) is 5.26 Å². The third-order valence-electron chi connectivity index (χ3n) is 4.37. The molecule has 1 N–H and O–H groups in total. The van der Waals surface area contributed by atoms with Crippen LogP contribution in [0.2, 0.25) is 0 Å². The van der Waals surface area contributed by atoms with Crippen LogP contribution in [0.25, 0.3) is 0 Å². The Morgan fingerprint density at radius 1 is 1.38 bits per heavy atom. The Bertz CT molecular complexity index is 727. The first kappa shape index (κ1) is 16.3. The van der Waals surface area contributed by atoms with Crippen molar-refractivity contribution in [2.24, 2.45) is 0 Å². The van der Waals surface area contributed by atoms with Gasteiger partial charge in [0.2, 0.25) is 17.5 Å². The number of nitrogens with one attached hydrogen (secondary N) is 1. The molecule has 1 fully saturated rings. The minimum Gasteiger partial charge on any atom is -0.484 e. The molecule has 0 saturated carbocycles. The number of nitrogens with zero attached hydrogens (tertiary/aromatic N) is 3. The third-order valence-corrected chi connectivity index (χ3v) is 4.37. The van der Waals surface area contributed by atoms with E-state index in [0.29, 0.717) is 17.5 Å². The molecule has 2 heterocycles. The molecule has 126 valence electrons. The average Bonchev–Trinajstić information content (AvgIpc) is 3.03. The zero-order valence-electron chi connectivity index (χ0n) is 14.2. The summed E-state index contributed by atoms with van der Waals surface area (Å²) in [5.74, 6) is 1.79. The van der Waals surface area contributed by atoms with E-state index in [1.807, 2.05) is 31.2 Å². The van der Waals surface area contributed by atoms with Crippen molar-refractivity contribution in [3.8, 4) is 11.8 Å². The summed E-state index contributed by atoms with van der Waals surface area (Å²) in [6.07, 6.45) is 0. The number of likely N-dealkylation sites (N-methyl/N-ethyl adjacent to an activating group) is 1. The molecule has 0 bridgehead atoms. The van der Waals surface area contributed by atoms with Gasteiger partial charge in [0.05, 0.1) is 32.7 Å². The lowest BCUT2D eigenvalue weighted by molar-refractivity contribution is -0.898. The molecule has 0 aliphatic carbocycles. The van der Waals surface area contributed by atoms with Crippen LogP contribution in [-0.2, 0) is 6.61 Å². The van der Waals surface area contributed by atoms with Crippen LogP contribution < -0.4 is 14.5 Å². The van der Waals surface area contributed by atoms with Gasteiger partial charge >= 0.3 is 0 Å². The standard InChI is InChI=1S/C18H22N4O2/c1-3-21-7-9-22(10-8-21)18-16(12-19)20-17(24-18)13-23-15-6-4-5-14(2)11-15/h4-6,11H,3,7-10,13H2,1-2H3/p+1. The van der Waals surface area contributed by atoms with Gasteiger partial charge in [-0.15, -0.1) is 0 Å². The van der Waals surface area contributed by atoms with Gasteiger partial charge in [0.1, 0.15) is 11.8 Å². The maximum absolute atomic E-state index is 9.34. The molecule has 2 aromatic rings. The van der Waals surface area contributed by atoms with Crippen molar-refractivity contribution in [2.75, 3.05) is 37.6 Å². The zero-order valence-corrected chi connectivity index (χ0v) is 14.2. The smallest absolute Gasteiger partial charge is 0.236 e. The Morgan fingerprint density at radius 2 is 2.17 bits per heavy atom. The van der Waals surface area contributed by atoms with E-state index in [0.717, 1.165) is 44.0 Å². The van der Waals surface area contributed by atoms with Crippen LogP contribution in [0.15, 0.2) is 28.7 Å². The quantitative estimate of drug-likeness (QED) is 0.893. The van der Waals surface area contributed by atoms with Crippen LogP contribution in [0.3, 0.4) is 0 Å². The van der Waals surface area contributed by atoms with Crippen molar-refractivity contribution in [3.63, 3.8) is 0 Å². The van der Waals surface area contributed by atoms with Crippen LogP contribution in [0.4, 0.5) is 5.88 Å². The molecule has 3 rings (SSSR count). The first-order valence-corrected chi connectivity index (χ1v) is 8.37. The van der Waals surface area contributed by atoms with Crippen molar-refractivity contribution in [3.05, 3.63) is 41.4 Å². The molecule has 0 amide bonds. The predicted octanol–water partition coefficient (Wildman–Crippen LogP) is 1.16. The molecule has 0 unspecified atom stereocenters. The van der Waals surface area contributed by atoms with E-state index in [4.69, 9.17) is 9.15 Å². The minimum absolute atomic E-state index is 0.221. The summed E-state index contributed by atoms with van der Waals surface area (Å²) in [7, 11) is 0. The number of benzene rings is 1. The molecule has 1 aromatic carbocycles. The Labute approximate surface area is 142 Å². The van der Waals surface area contributed by atoms with Gasteiger partial charge in [-0.1, -0.05) is 12.1 Å². The highest BCUT2D eigenvalue weighted by Gasteiger charge is 2.25. The summed E-state index contributed by atoms with van der Waals surface area (Å²) in [5, 5.41) is 9.34. The maximum Gasteiger partial charge on any atom is 0.236 e. The lowest BCUT2D eigenvalue weighted by Crippen LogP contribution is -3.14. The van der Waals surface area contributed by atoms with Crippen molar-refractivity contribution < 1.29 is 14.1 Å². The van der Waals surface area contributed by atoms with Gasteiger partial charge in [0, 0.05) is 0 Å². The Balaban J connectivity index is 1.68. The molecule has 1 saturated heterocycles. The molecule has 24 heavy (non-hydrogen) atoms. The van der Waals surface area contributed by atoms with Gasteiger partial charge in [-0.05, 0) is 31.5 Å². The molecular formula is C18H23N4O2+. The summed E-state index contributed by atoms with van der Waals surface area (Å²) in [6, 6.07) is 9.96. The van der Waals surface area contributed by atoms with E-state index < -0.39 is 0 Å². The second kappa shape index (κ2) is 7.37. The first-order valence-electron chi connectivity index (χ1n) is 8.37. The number of oxazole rings is 1. The van der Waals surface area contributed by atoms with Crippen LogP contribution in [-0.4, -0.2) is 37.7 Å². The van der Waals surface area contributed by atoms with Gasteiger partial charge in [0.15, 0.2) is 6.61 Å². The van der Waals surface area contributed by atoms with Gasteiger partial charge < -0.3 is 19.0 Å². The highest BCUT2D eigenvalue weighted by atomic mass is 16.5. The second-order valence-corrected chi connectivity index (χ2v) is 6.07. The highest BCUT2D eigenvalue weighted by molar-refractivity contribution is 5.48. The number of aromatic nitrogens is 1. The van der Waals surface area contributed by atoms with Crippen molar-refractivity contribution in [2.45, 2.75) is 20.5 Å². The number of hydrogen-bond donors (Lipinski definition) is 1. The monoisotopic (exact) mass is 327 g/mol. The van der Waals surface area contributed by atoms with E-state index in [1.54, 1.807) is 4.90 Å². The van der Waals surface area contributed by atoms with Crippen LogP contribution in [0.1, 0.15) is 24.1 Å². The summed E-state index contributed by atoms with van der Waals surface area (Å²) in [5.41, 5.74) is 1.48. The van der Waals surface area contributed by atoms with Gasteiger partial charge in [0.25, 0.3) is 0 Å². The fraction of sp³-hybridized carbons (Fsp3) is 0.444. The average molecular weight is 327 g/mol. The topological polar surface area (TPSA) is 66.7 Å². The lowest BCUT2D eigenvalue weighted by atomic mass is 10.2. The predicted molar refractivity (Wildman–Crippen MR) is 90.2 cm³/mol. The number of aryl methyl sites for hydroxylation is 1. The molecule has 6 heteroatoms. The molecule has 0 spiro atoms. The molecule has 6 nitrogen and oxygen atoms in total. The molecular weight excluding hydrogens is 304 g/mol. The van der Waals surface area contributed by atoms with Crippen molar-refractivity contribution >= 4 is 5.88 Å². The van der Waals surface area contributed by atoms with Gasteiger partial charge in [-0.3, -0.25) is 0 Å². The summed E-state index contributed by atoms with van der Waals surface area (Å²) in [4.78, 5) is 7.97. The van der Waals surface area contributed by atoms with Gasteiger partial charge in [-0.25, -0.2) is 0 Å². The number of piperazine rings is 1. The SMILES string of the molecule is CC[NH+]1CCN(c2oc(COc3cccc(C)c3)nc2C#N)CC1. The molecule has 1 aliphatic rings. The summed E-state index contributed by atoms with van der Waals surface area (Å²) in [6.45, 7) is 9.43. The fourth-order valence-corrected chi connectivity index (χ4v) is 2.93. The number of hydrogen-bond acceptors (Lipinski definition) is 5. The van der Waals surface area contributed by atoms with E-state index in [1.165, 1.54) is 0 Å². The first-order chi connectivity index (χ1) is 11.7. The molecule has 0 atom stereocenters. The normalized spacial score (nSPS) is 15.3. The summed E-state index contributed by atoms with van der Waals surface area (Å²) < 4.78 is 11.5. The number of anilines is 1. The fourth-order valence-electron chi connectivity index (χ4n) is 2.93. The molecule has 0 radical (unpaired) electrons. The summed E-state index contributed by atoms with van der Waals surface area (Å²) >= 11 is 0. The van der Waals surface area contributed by atoms with Gasteiger partial charge in [-0.2, -0.15) is 10.2 Å². The Hall–Kier alpha value is -2.52. The lowest BCUT2D eigenvalue weighted by Gasteiger charge is -2.31. The van der Waals surface area contributed by atoms with Crippen LogP contribution in [0.5, 0.6) is 5.75 Å². The number of rotatable bonds is 5. The van der Waals surface area contributed by atoms with Crippen molar-refractivity contribution in [1.82, 2.24) is 4.98 Å². The third kappa shape index (κ3) is 3.69. The largest absolute Gasteiger partial charge is 0.484 e. The van der Waals surface area contributed by atoms with Crippen LogP contribution >= 0.6 is 0 Å².